The second kappa shape index (κ2) is 10.2. The Balaban J connectivity index is 1.44. The third kappa shape index (κ3) is 6.00. The molecule has 3 aromatic rings. The van der Waals surface area contributed by atoms with Crippen LogP contribution in [0.4, 0.5) is 0 Å². The lowest BCUT2D eigenvalue weighted by molar-refractivity contribution is -0.121. The molecule has 0 spiro atoms. The lowest BCUT2D eigenvalue weighted by atomic mass is 10.1. The standard InChI is InChI=1S/C22H24N4O3/c1-29-19-8-5-17(6-9-19)7-11-21(27)24-14-3-15-26-22(28)12-10-20(25-26)18-4-2-13-23-16-18/h2,4-6,8-10,12-13,16H,3,7,11,14-15H2,1H3,(H,24,27). The summed E-state index contributed by atoms with van der Waals surface area (Å²) in [5.74, 6) is 0.792. The number of methoxy groups -OCH3 is 1. The summed E-state index contributed by atoms with van der Waals surface area (Å²) in [5, 5.41) is 7.29. The van der Waals surface area contributed by atoms with Crippen molar-refractivity contribution in [3.05, 3.63) is 76.8 Å². The Morgan fingerprint density at radius 3 is 2.69 bits per heavy atom. The predicted octanol–water partition coefficient (Wildman–Crippen LogP) is 2.45. The van der Waals surface area contributed by atoms with Gasteiger partial charge < -0.3 is 10.1 Å². The van der Waals surface area contributed by atoms with Gasteiger partial charge in [-0.1, -0.05) is 12.1 Å². The molecule has 0 saturated carbocycles. The molecule has 29 heavy (non-hydrogen) atoms. The largest absolute Gasteiger partial charge is 0.497 e. The number of hydrogen-bond acceptors (Lipinski definition) is 5. The number of benzene rings is 1. The Morgan fingerprint density at radius 1 is 1.14 bits per heavy atom. The van der Waals surface area contributed by atoms with Crippen molar-refractivity contribution in [1.82, 2.24) is 20.1 Å². The minimum Gasteiger partial charge on any atom is -0.497 e. The Kier molecular flexibility index (Phi) is 7.10. The fourth-order valence-electron chi connectivity index (χ4n) is 2.87. The minimum atomic E-state index is -0.163. The SMILES string of the molecule is COc1ccc(CCC(=O)NCCCn2nc(-c3cccnc3)ccc2=O)cc1. The van der Waals surface area contributed by atoms with E-state index in [0.29, 0.717) is 38.0 Å². The maximum Gasteiger partial charge on any atom is 0.266 e. The number of nitrogens with zero attached hydrogens (tertiary/aromatic N) is 3. The van der Waals surface area contributed by atoms with Crippen LogP contribution in [0.3, 0.4) is 0 Å². The summed E-state index contributed by atoms with van der Waals surface area (Å²) >= 11 is 0. The lowest BCUT2D eigenvalue weighted by Crippen LogP contribution is -2.28. The van der Waals surface area contributed by atoms with Crippen LogP contribution in [0.25, 0.3) is 11.3 Å². The van der Waals surface area contributed by atoms with Gasteiger partial charge in [0, 0.05) is 43.5 Å². The van der Waals surface area contributed by atoms with Gasteiger partial charge in [-0.2, -0.15) is 5.10 Å². The Bertz CT molecular complexity index is 985. The summed E-state index contributed by atoms with van der Waals surface area (Å²) in [4.78, 5) is 28.1. The van der Waals surface area contributed by atoms with E-state index in [-0.39, 0.29) is 11.5 Å². The average Bonchev–Trinajstić information content (AvgIpc) is 2.77. The summed E-state index contributed by atoms with van der Waals surface area (Å²) in [7, 11) is 1.63. The second-order valence-corrected chi connectivity index (χ2v) is 6.57. The number of aryl methyl sites for hydroxylation is 2. The van der Waals surface area contributed by atoms with Gasteiger partial charge in [0.05, 0.1) is 12.8 Å². The molecule has 0 aliphatic heterocycles. The fraction of sp³-hybridized carbons (Fsp3) is 0.273. The van der Waals surface area contributed by atoms with Gasteiger partial charge in [0.1, 0.15) is 5.75 Å². The first-order valence-electron chi connectivity index (χ1n) is 9.54. The highest BCUT2D eigenvalue weighted by atomic mass is 16.5. The zero-order valence-electron chi connectivity index (χ0n) is 16.4. The molecule has 2 heterocycles. The monoisotopic (exact) mass is 392 g/mol. The number of aromatic nitrogens is 3. The van der Waals surface area contributed by atoms with Crippen molar-refractivity contribution in [3.8, 4) is 17.0 Å². The molecule has 3 rings (SSSR count). The van der Waals surface area contributed by atoms with Crippen LogP contribution in [0.5, 0.6) is 5.75 Å². The molecular formula is C22H24N4O3. The molecule has 0 saturated heterocycles. The third-order valence-corrected chi connectivity index (χ3v) is 4.49. The summed E-state index contributed by atoms with van der Waals surface area (Å²) in [6.45, 7) is 0.929. The van der Waals surface area contributed by atoms with Crippen LogP contribution >= 0.6 is 0 Å². The van der Waals surface area contributed by atoms with E-state index in [0.717, 1.165) is 16.9 Å². The highest BCUT2D eigenvalue weighted by Gasteiger charge is 2.05. The number of pyridine rings is 1. The van der Waals surface area contributed by atoms with Gasteiger partial charge in [0.2, 0.25) is 5.91 Å². The van der Waals surface area contributed by atoms with Crippen LogP contribution in [0.2, 0.25) is 0 Å². The van der Waals surface area contributed by atoms with Crippen molar-refractivity contribution < 1.29 is 9.53 Å². The van der Waals surface area contributed by atoms with Crippen molar-refractivity contribution in [2.45, 2.75) is 25.8 Å². The first-order chi connectivity index (χ1) is 14.2. The molecule has 150 valence electrons. The summed E-state index contributed by atoms with van der Waals surface area (Å²) in [6, 6.07) is 14.6. The third-order valence-electron chi connectivity index (χ3n) is 4.49. The predicted molar refractivity (Wildman–Crippen MR) is 111 cm³/mol. The van der Waals surface area contributed by atoms with E-state index in [9.17, 15) is 9.59 Å². The summed E-state index contributed by atoms with van der Waals surface area (Å²) in [5.41, 5.74) is 2.47. The molecule has 0 bridgehead atoms. The molecule has 1 amide bonds. The van der Waals surface area contributed by atoms with E-state index < -0.39 is 0 Å². The zero-order valence-corrected chi connectivity index (χ0v) is 16.4. The Labute approximate surface area is 169 Å². The topological polar surface area (TPSA) is 86.1 Å². The van der Waals surface area contributed by atoms with E-state index in [1.54, 1.807) is 25.6 Å². The molecular weight excluding hydrogens is 368 g/mol. The number of ether oxygens (including phenoxy) is 1. The van der Waals surface area contributed by atoms with Gasteiger partial charge in [0.25, 0.3) is 5.56 Å². The van der Waals surface area contributed by atoms with Gasteiger partial charge in [-0.25, -0.2) is 4.68 Å². The first kappa shape index (κ1) is 20.3. The molecule has 7 heteroatoms. The maximum atomic E-state index is 12.0. The molecule has 2 aromatic heterocycles. The highest BCUT2D eigenvalue weighted by Crippen LogP contribution is 2.13. The van der Waals surface area contributed by atoms with Gasteiger partial charge in [-0.05, 0) is 48.7 Å². The minimum absolute atomic E-state index is 0.00904. The van der Waals surface area contributed by atoms with Gasteiger partial charge >= 0.3 is 0 Å². The molecule has 0 aliphatic rings. The zero-order chi connectivity index (χ0) is 20.5. The number of rotatable bonds is 9. The van der Waals surface area contributed by atoms with E-state index in [1.165, 1.54) is 10.7 Å². The van der Waals surface area contributed by atoms with Crippen molar-refractivity contribution >= 4 is 5.91 Å². The van der Waals surface area contributed by atoms with Crippen LogP contribution in [-0.4, -0.2) is 34.3 Å². The highest BCUT2D eigenvalue weighted by molar-refractivity contribution is 5.76. The average molecular weight is 392 g/mol. The molecule has 0 fully saturated rings. The van der Waals surface area contributed by atoms with Crippen molar-refractivity contribution in [2.75, 3.05) is 13.7 Å². The van der Waals surface area contributed by atoms with Crippen LogP contribution in [0.1, 0.15) is 18.4 Å². The Hall–Kier alpha value is -3.48. The number of nitrogens with one attached hydrogen (secondary N) is 1. The van der Waals surface area contributed by atoms with Gasteiger partial charge in [0.15, 0.2) is 0 Å². The number of carbonyl (C=O) groups is 1. The molecule has 7 nitrogen and oxygen atoms in total. The van der Waals surface area contributed by atoms with E-state index >= 15 is 0 Å². The fourth-order valence-corrected chi connectivity index (χ4v) is 2.87. The van der Waals surface area contributed by atoms with Crippen LogP contribution in [-0.2, 0) is 17.8 Å². The first-order valence-corrected chi connectivity index (χ1v) is 9.54. The molecule has 0 radical (unpaired) electrons. The van der Waals surface area contributed by atoms with Crippen LogP contribution in [0.15, 0.2) is 65.7 Å². The number of hydrogen-bond donors (Lipinski definition) is 1. The molecule has 0 unspecified atom stereocenters. The summed E-state index contributed by atoms with van der Waals surface area (Å²) in [6.07, 6.45) is 5.11. The lowest BCUT2D eigenvalue weighted by Gasteiger charge is -2.08. The molecule has 0 atom stereocenters. The summed E-state index contributed by atoms with van der Waals surface area (Å²) < 4.78 is 6.55. The van der Waals surface area contributed by atoms with E-state index in [2.05, 4.69) is 15.4 Å². The maximum absolute atomic E-state index is 12.0. The Morgan fingerprint density at radius 2 is 1.97 bits per heavy atom. The molecule has 0 aliphatic carbocycles. The van der Waals surface area contributed by atoms with Gasteiger partial charge in [-0.3, -0.25) is 14.6 Å². The smallest absolute Gasteiger partial charge is 0.266 e. The number of amides is 1. The van der Waals surface area contributed by atoms with Crippen molar-refractivity contribution in [1.29, 1.82) is 0 Å². The molecule has 1 N–H and O–H groups in total. The van der Waals surface area contributed by atoms with Crippen molar-refractivity contribution in [2.24, 2.45) is 0 Å². The quantitative estimate of drug-likeness (QED) is 0.566. The van der Waals surface area contributed by atoms with Crippen molar-refractivity contribution in [3.63, 3.8) is 0 Å². The normalized spacial score (nSPS) is 10.5. The van der Waals surface area contributed by atoms with E-state index in [1.807, 2.05) is 36.4 Å². The van der Waals surface area contributed by atoms with Crippen LogP contribution < -0.4 is 15.6 Å². The van der Waals surface area contributed by atoms with Crippen LogP contribution in [0, 0.1) is 0 Å². The van der Waals surface area contributed by atoms with Gasteiger partial charge in [-0.15, -0.1) is 0 Å². The van der Waals surface area contributed by atoms with E-state index in [4.69, 9.17) is 4.74 Å². The second-order valence-electron chi connectivity index (χ2n) is 6.57. The number of carbonyl (C=O) groups excluding carboxylic acids is 1. The molecule has 1 aromatic carbocycles.